The summed E-state index contributed by atoms with van der Waals surface area (Å²) in [6.07, 6.45) is -2.37. The molecule has 80 heavy (non-hydrogen) atoms. The smallest absolute Gasteiger partial charge is 0.460 e. The number of carbonyl (C=O) groups is 5. The van der Waals surface area contributed by atoms with Crippen molar-refractivity contribution < 1.29 is 99.1 Å². The Morgan fingerprint density at radius 1 is 0.812 bits per heavy atom. The number of piperidine rings is 1. The molecule has 456 valence electrons. The van der Waals surface area contributed by atoms with Crippen LogP contribution in [0.2, 0.25) is 0 Å². The van der Waals surface area contributed by atoms with Gasteiger partial charge in [0.1, 0.15) is 30.1 Å². The molecule has 1 saturated carbocycles. The number of hydrogen-bond acceptors (Lipinski definition) is 16. The number of Topliss-reactive ketones (excluding diaryl/α,β-unsaturated/α-hetero) is 3. The number of cyclic esters (lactones) is 1. The van der Waals surface area contributed by atoms with Gasteiger partial charge in [-0.25, -0.2) is 4.79 Å². The van der Waals surface area contributed by atoms with Crippen molar-refractivity contribution in [3.8, 4) is 0 Å². The van der Waals surface area contributed by atoms with Crippen LogP contribution in [0.1, 0.15) is 126 Å². The van der Waals surface area contributed by atoms with E-state index >= 15 is 0 Å². The predicted octanol–water partition coefficient (Wildman–Crippen LogP) is 7.76. The van der Waals surface area contributed by atoms with E-state index in [0.717, 1.165) is 11.3 Å². The molecule has 0 spiro atoms. The number of hydrogen-bond donors (Lipinski definition) is 3. The number of esters is 1. The number of nitrogens with zero attached hydrogens (tertiary/aromatic N) is 1. The van der Waals surface area contributed by atoms with E-state index in [4.69, 9.17) is 33.2 Å². The highest BCUT2D eigenvalue weighted by molar-refractivity contribution is 6.39. The molecule has 3 N–H and O–H groups in total. The standard InChI is InChI=1S/C58H88F5NO16/c1-35-15-11-10-12-16-36(2)47(77-27-25-75-26-28-78-58(62,63)57(59,60)61)33-43-20-18-41(7)56(72,80-43)53(69)54(70)64-22-14-13-17-44(64)55(71)79-48(38(4)31-42-19-21-46(76-24-23-65)49(32-42)73-8)34-45(66)37(3)30-40(6)51(68)52(74-9)50(67)39(5)29-35/h10-12,15-16,30,35,37-39,41-44,46-49,51-52,65,68,72H,13-14,17-29,31-34H2,1-9H3/b12-10+,15-11+,36-16+,40-30+/t35-,37-,38-,39-,41-,42+,43+,44+,46-,47?,48+,49-,51-,52+,56-/m1/s1. The molecule has 15 atom stereocenters. The third kappa shape index (κ3) is 19.6. The van der Waals surface area contributed by atoms with Gasteiger partial charge in [-0.15, -0.1) is 0 Å². The van der Waals surface area contributed by atoms with Gasteiger partial charge in [0, 0.05) is 51.4 Å². The maximum absolute atomic E-state index is 14.6. The van der Waals surface area contributed by atoms with Crippen molar-refractivity contribution in [1.82, 2.24) is 4.90 Å². The normalized spacial score (nSPS) is 35.5. The highest BCUT2D eigenvalue weighted by atomic mass is 19.4. The molecule has 0 aromatic carbocycles. The molecule has 4 aliphatic rings. The number of halogens is 5. The molecule has 3 heterocycles. The quantitative estimate of drug-likeness (QED) is 0.0442. The van der Waals surface area contributed by atoms with Gasteiger partial charge in [-0.2, -0.15) is 22.0 Å². The second kappa shape index (κ2) is 32.3. The fraction of sp³-hybridized carbons (Fsp3) is 0.776. The Kier molecular flexibility index (Phi) is 27.7. The van der Waals surface area contributed by atoms with Crippen LogP contribution in [0, 0.1) is 35.5 Å². The van der Waals surface area contributed by atoms with Crippen molar-refractivity contribution in [2.24, 2.45) is 35.5 Å². The molecule has 1 unspecified atom stereocenters. The number of ketones is 3. The Morgan fingerprint density at radius 2 is 1.52 bits per heavy atom. The van der Waals surface area contributed by atoms with Gasteiger partial charge < -0.3 is 58.1 Å². The van der Waals surface area contributed by atoms with E-state index in [9.17, 15) is 61.2 Å². The lowest BCUT2D eigenvalue weighted by atomic mass is 9.78. The van der Waals surface area contributed by atoms with E-state index in [1.165, 1.54) is 7.11 Å². The summed E-state index contributed by atoms with van der Waals surface area (Å²) in [6, 6.07) is -1.26. The van der Waals surface area contributed by atoms with Crippen molar-refractivity contribution in [1.29, 1.82) is 0 Å². The Morgan fingerprint density at radius 3 is 2.20 bits per heavy atom. The van der Waals surface area contributed by atoms with Gasteiger partial charge in [0.25, 0.3) is 11.7 Å². The molecule has 3 aliphatic heterocycles. The zero-order valence-corrected chi connectivity index (χ0v) is 48.0. The van der Waals surface area contributed by atoms with Crippen LogP contribution in [-0.2, 0) is 61.9 Å². The molecule has 2 bridgehead atoms. The third-order valence-corrected chi connectivity index (χ3v) is 16.0. The second-order valence-electron chi connectivity index (χ2n) is 22.3. The van der Waals surface area contributed by atoms with E-state index < -0.39 is 109 Å². The first-order valence-corrected chi connectivity index (χ1v) is 28.2. The van der Waals surface area contributed by atoms with E-state index in [-0.39, 0.29) is 94.3 Å². The Labute approximate surface area is 467 Å². The van der Waals surface area contributed by atoms with E-state index in [0.29, 0.717) is 56.1 Å². The lowest BCUT2D eigenvalue weighted by Crippen LogP contribution is -2.61. The molecular weight excluding hydrogens is 1060 g/mol. The summed E-state index contributed by atoms with van der Waals surface area (Å²) >= 11 is 0. The van der Waals surface area contributed by atoms with Gasteiger partial charge in [0.15, 0.2) is 5.78 Å². The monoisotopic (exact) mass is 1150 g/mol. The minimum atomic E-state index is -5.90. The zero-order valence-electron chi connectivity index (χ0n) is 48.0. The third-order valence-electron chi connectivity index (χ3n) is 16.0. The summed E-state index contributed by atoms with van der Waals surface area (Å²) in [6.45, 7) is 10.0. The fourth-order valence-electron chi connectivity index (χ4n) is 11.1. The SMILES string of the molecule is CO[C@@H]1C[C@H](C[C@@H](C)[C@@H]2CC(=O)[C@H](C)/C=C(\C)[C@@H](O)[C@@H](OC)C(=O)[C@H](C)C[C@H](C)/C=C/C=C/C=C(\C)C(OCCOCCOC(F)(F)C(F)(F)F)C[C@@H]3CC[C@@H](C)[C@@](O)(O3)C(=O)C(=O)N3CCCC[C@H]3C(=O)O2)CC[C@H]1OCCO. The van der Waals surface area contributed by atoms with Crippen molar-refractivity contribution in [3.63, 3.8) is 0 Å². The highest BCUT2D eigenvalue weighted by Gasteiger charge is 2.59. The number of aliphatic hydroxyl groups is 3. The van der Waals surface area contributed by atoms with Crippen LogP contribution >= 0.6 is 0 Å². The maximum Gasteiger partial charge on any atom is 0.482 e. The Hall–Kier alpha value is -3.84. The fourth-order valence-corrected chi connectivity index (χ4v) is 11.1. The number of ether oxygens (including phenoxy) is 8. The van der Waals surface area contributed by atoms with Crippen molar-refractivity contribution in [2.75, 3.05) is 60.4 Å². The zero-order chi connectivity index (χ0) is 59.5. The molecule has 3 fully saturated rings. The van der Waals surface area contributed by atoms with E-state index in [2.05, 4.69) is 4.74 Å². The first-order valence-electron chi connectivity index (χ1n) is 28.2. The lowest BCUT2D eigenvalue weighted by molar-refractivity contribution is -0.392. The van der Waals surface area contributed by atoms with E-state index in [1.807, 2.05) is 19.9 Å². The maximum atomic E-state index is 14.6. The van der Waals surface area contributed by atoms with Gasteiger partial charge in [0.05, 0.1) is 64.1 Å². The molecule has 0 aromatic rings. The second-order valence-corrected chi connectivity index (χ2v) is 22.3. The van der Waals surface area contributed by atoms with Gasteiger partial charge in [-0.1, -0.05) is 71.1 Å². The number of alkyl halides is 5. The summed E-state index contributed by atoms with van der Waals surface area (Å²) in [5, 5.41) is 33.1. The Balaban J connectivity index is 1.68. The summed E-state index contributed by atoms with van der Waals surface area (Å²) in [5.74, 6) is -9.27. The van der Waals surface area contributed by atoms with Crippen molar-refractivity contribution in [3.05, 3.63) is 47.6 Å². The minimum absolute atomic E-state index is 0.0228. The molecule has 22 heteroatoms. The number of allylic oxidation sites excluding steroid dienone is 6. The molecule has 0 aromatic heterocycles. The number of aliphatic hydroxyl groups excluding tert-OH is 2. The van der Waals surface area contributed by atoms with Crippen LogP contribution in [0.5, 0.6) is 0 Å². The number of amides is 1. The van der Waals surface area contributed by atoms with Crippen molar-refractivity contribution >= 4 is 29.2 Å². The van der Waals surface area contributed by atoms with Crippen LogP contribution in [0.3, 0.4) is 0 Å². The first-order chi connectivity index (χ1) is 37.7. The lowest BCUT2D eigenvalue weighted by Gasteiger charge is -2.43. The number of carbonyl (C=O) groups excluding carboxylic acids is 5. The first kappa shape index (κ1) is 68.7. The highest BCUT2D eigenvalue weighted by Crippen LogP contribution is 2.39. The van der Waals surface area contributed by atoms with Crippen LogP contribution in [0.25, 0.3) is 0 Å². The number of rotatable bonds is 16. The molecule has 1 amide bonds. The number of fused-ring (bicyclic) bond motifs is 3. The topological polar surface area (TPSA) is 223 Å². The van der Waals surface area contributed by atoms with Crippen LogP contribution < -0.4 is 0 Å². The van der Waals surface area contributed by atoms with Crippen LogP contribution in [0.4, 0.5) is 22.0 Å². The molecule has 17 nitrogen and oxygen atoms in total. The molecule has 4 rings (SSSR count). The van der Waals surface area contributed by atoms with Crippen LogP contribution in [0.15, 0.2) is 47.6 Å². The van der Waals surface area contributed by atoms with Crippen LogP contribution in [-0.4, -0.2) is 177 Å². The largest absolute Gasteiger partial charge is 0.482 e. The predicted molar refractivity (Wildman–Crippen MR) is 283 cm³/mol. The average molecular weight is 1150 g/mol. The molecular formula is C58H88F5NO16. The molecule has 2 saturated heterocycles. The summed E-state index contributed by atoms with van der Waals surface area (Å²) in [5.41, 5.74) is 0.944. The average Bonchev–Trinajstić information content (AvgIpc) is 3.43. The van der Waals surface area contributed by atoms with E-state index in [1.54, 1.807) is 72.1 Å². The summed E-state index contributed by atoms with van der Waals surface area (Å²) < 4.78 is 109. The van der Waals surface area contributed by atoms with Gasteiger partial charge in [-0.3, -0.25) is 19.2 Å². The van der Waals surface area contributed by atoms with Gasteiger partial charge in [-0.05, 0) is 107 Å². The van der Waals surface area contributed by atoms with Crippen molar-refractivity contribution in [2.45, 2.75) is 192 Å². The van der Waals surface area contributed by atoms with Gasteiger partial charge in [0.2, 0.25) is 5.79 Å². The molecule has 1 aliphatic carbocycles. The Bertz CT molecular complexity index is 2140. The summed E-state index contributed by atoms with van der Waals surface area (Å²) in [7, 11) is 2.92. The molecule has 0 radical (unpaired) electrons. The van der Waals surface area contributed by atoms with Gasteiger partial charge >= 0.3 is 18.3 Å². The minimum Gasteiger partial charge on any atom is -0.460 e. The summed E-state index contributed by atoms with van der Waals surface area (Å²) in [4.78, 5) is 72.7. The number of methoxy groups -OCH3 is 2.